The monoisotopic (exact) mass is 370 g/mol. The third kappa shape index (κ3) is 7.11. The van der Waals surface area contributed by atoms with Crippen LogP contribution in [-0.4, -0.2) is 45.2 Å². The van der Waals surface area contributed by atoms with Crippen molar-refractivity contribution in [1.29, 1.82) is 0 Å². The lowest BCUT2D eigenvalue weighted by atomic mass is 9.86. The van der Waals surface area contributed by atoms with Crippen molar-refractivity contribution in [2.75, 3.05) is 0 Å². The Morgan fingerprint density at radius 1 is 0.692 bits per heavy atom. The van der Waals surface area contributed by atoms with Crippen LogP contribution >= 0.6 is 0 Å². The molecule has 0 aromatic heterocycles. The Balaban J connectivity index is 2.58. The van der Waals surface area contributed by atoms with E-state index in [4.69, 9.17) is 9.47 Å². The Hall–Kier alpha value is -1.34. The van der Waals surface area contributed by atoms with Gasteiger partial charge in [0.1, 0.15) is 11.5 Å². The molecule has 1 aromatic carbocycles. The summed E-state index contributed by atoms with van der Waals surface area (Å²) in [5.74, 6) is 1.35. The normalized spacial score (nSPS) is 15.2. The van der Waals surface area contributed by atoms with Crippen LogP contribution in [0.25, 0.3) is 0 Å². The lowest BCUT2D eigenvalue weighted by molar-refractivity contribution is -0.131. The first-order valence-corrected chi connectivity index (χ1v) is 8.99. The summed E-state index contributed by atoms with van der Waals surface area (Å²) in [5, 5.41) is 37.5. The summed E-state index contributed by atoms with van der Waals surface area (Å²) >= 11 is 0. The molecule has 2 atom stereocenters. The quantitative estimate of drug-likeness (QED) is 0.473. The number of hydrogen-bond donors (Lipinski definition) is 4. The van der Waals surface area contributed by atoms with Gasteiger partial charge in [0.2, 0.25) is 0 Å². The maximum Gasteiger partial charge on any atom is 0.156 e. The molecule has 0 fully saturated rings. The predicted molar refractivity (Wildman–Crippen MR) is 99.9 cm³/mol. The molecule has 0 saturated carbocycles. The van der Waals surface area contributed by atoms with Gasteiger partial charge in [-0.05, 0) is 51.0 Å². The van der Waals surface area contributed by atoms with Crippen molar-refractivity contribution in [3.05, 3.63) is 24.3 Å². The van der Waals surface area contributed by atoms with Gasteiger partial charge in [-0.2, -0.15) is 0 Å². The van der Waals surface area contributed by atoms with Gasteiger partial charge >= 0.3 is 0 Å². The molecular weight excluding hydrogens is 336 g/mol. The molecule has 26 heavy (non-hydrogen) atoms. The summed E-state index contributed by atoms with van der Waals surface area (Å²) < 4.78 is 11.7. The van der Waals surface area contributed by atoms with Crippen molar-refractivity contribution in [2.24, 2.45) is 10.8 Å². The van der Waals surface area contributed by atoms with Gasteiger partial charge in [-0.15, -0.1) is 0 Å². The van der Waals surface area contributed by atoms with Crippen LogP contribution in [0, 0.1) is 10.8 Å². The minimum absolute atomic E-state index is 0.177. The number of hydrogen-bond acceptors (Lipinski definition) is 6. The fourth-order valence-electron chi connectivity index (χ4n) is 2.84. The number of benzene rings is 1. The van der Waals surface area contributed by atoms with Crippen molar-refractivity contribution in [1.82, 2.24) is 0 Å². The standard InChI is InChI=1S/C20H34O6/c1-13(11-19(3,4)17(21)22)25-15-7-9-16(10-8-15)26-14(2)12-20(5,6)18(23)24/h7-10,13-14,17-18,21-24H,11-12H2,1-6H3. The summed E-state index contributed by atoms with van der Waals surface area (Å²) in [4.78, 5) is 0. The van der Waals surface area contributed by atoms with Crippen molar-refractivity contribution in [3.63, 3.8) is 0 Å². The molecule has 0 amide bonds. The first-order valence-electron chi connectivity index (χ1n) is 8.99. The number of aliphatic hydroxyl groups is 4. The second-order valence-corrected chi connectivity index (χ2v) is 8.46. The molecular formula is C20H34O6. The lowest BCUT2D eigenvalue weighted by Gasteiger charge is -2.30. The SMILES string of the molecule is CC(CC(C)(C)C(O)O)Oc1ccc(OC(C)CC(C)(C)C(O)O)cc1. The molecule has 150 valence electrons. The first-order chi connectivity index (χ1) is 11.8. The molecule has 0 spiro atoms. The van der Waals surface area contributed by atoms with Crippen LogP contribution in [0.2, 0.25) is 0 Å². The molecule has 0 aliphatic carbocycles. The molecule has 4 N–H and O–H groups in total. The van der Waals surface area contributed by atoms with Crippen molar-refractivity contribution < 1.29 is 29.9 Å². The third-order valence-electron chi connectivity index (χ3n) is 4.52. The Morgan fingerprint density at radius 3 is 1.19 bits per heavy atom. The van der Waals surface area contributed by atoms with Gasteiger partial charge in [-0.3, -0.25) is 0 Å². The van der Waals surface area contributed by atoms with E-state index in [0.717, 1.165) is 0 Å². The van der Waals surface area contributed by atoms with Crippen molar-refractivity contribution in [3.8, 4) is 11.5 Å². The second kappa shape index (κ2) is 9.04. The molecule has 0 aliphatic heterocycles. The molecule has 6 heteroatoms. The van der Waals surface area contributed by atoms with E-state index < -0.39 is 23.4 Å². The van der Waals surface area contributed by atoms with Gasteiger partial charge in [0, 0.05) is 10.8 Å². The highest BCUT2D eigenvalue weighted by Gasteiger charge is 2.30. The summed E-state index contributed by atoms with van der Waals surface area (Å²) in [7, 11) is 0. The Bertz CT molecular complexity index is 487. The van der Waals surface area contributed by atoms with Gasteiger partial charge in [0.05, 0.1) is 12.2 Å². The van der Waals surface area contributed by atoms with Gasteiger partial charge in [-0.25, -0.2) is 0 Å². The van der Waals surface area contributed by atoms with E-state index in [2.05, 4.69) is 0 Å². The maximum absolute atomic E-state index is 9.38. The van der Waals surface area contributed by atoms with E-state index in [-0.39, 0.29) is 12.2 Å². The van der Waals surface area contributed by atoms with Gasteiger partial charge < -0.3 is 29.9 Å². The molecule has 0 bridgehead atoms. The summed E-state index contributed by atoms with van der Waals surface area (Å²) in [6.45, 7) is 10.9. The van der Waals surface area contributed by atoms with E-state index in [0.29, 0.717) is 24.3 Å². The Morgan fingerprint density at radius 2 is 0.962 bits per heavy atom. The fourth-order valence-corrected chi connectivity index (χ4v) is 2.84. The van der Waals surface area contributed by atoms with Gasteiger partial charge in [0.15, 0.2) is 12.6 Å². The van der Waals surface area contributed by atoms with E-state index in [1.165, 1.54) is 0 Å². The van der Waals surface area contributed by atoms with Crippen LogP contribution in [0.1, 0.15) is 54.4 Å². The van der Waals surface area contributed by atoms with Gasteiger partial charge in [0.25, 0.3) is 0 Å². The zero-order valence-electron chi connectivity index (χ0n) is 16.6. The minimum Gasteiger partial charge on any atom is -0.491 e. The summed E-state index contributed by atoms with van der Waals surface area (Å²) in [5.41, 5.74) is -1.30. The predicted octanol–water partition coefficient (Wildman–Crippen LogP) is 2.68. The average Bonchev–Trinajstić information content (AvgIpc) is 2.47. The van der Waals surface area contributed by atoms with E-state index in [1.54, 1.807) is 52.0 Å². The summed E-state index contributed by atoms with van der Waals surface area (Å²) in [6.07, 6.45) is -2.15. The maximum atomic E-state index is 9.38. The topological polar surface area (TPSA) is 99.4 Å². The van der Waals surface area contributed by atoms with E-state index in [1.807, 2.05) is 13.8 Å². The molecule has 0 aliphatic rings. The lowest BCUT2D eigenvalue weighted by Crippen LogP contribution is -2.33. The molecule has 0 heterocycles. The number of ether oxygens (including phenoxy) is 2. The van der Waals surface area contributed by atoms with Crippen LogP contribution in [0.5, 0.6) is 11.5 Å². The smallest absolute Gasteiger partial charge is 0.156 e. The third-order valence-corrected chi connectivity index (χ3v) is 4.52. The molecule has 0 radical (unpaired) electrons. The van der Waals surface area contributed by atoms with Gasteiger partial charge in [-0.1, -0.05) is 27.7 Å². The summed E-state index contributed by atoms with van der Waals surface area (Å²) in [6, 6.07) is 7.19. The van der Waals surface area contributed by atoms with Crippen LogP contribution in [0.15, 0.2) is 24.3 Å². The van der Waals surface area contributed by atoms with Crippen molar-refractivity contribution in [2.45, 2.75) is 79.2 Å². The van der Waals surface area contributed by atoms with Crippen LogP contribution < -0.4 is 9.47 Å². The van der Waals surface area contributed by atoms with Crippen LogP contribution in [0.3, 0.4) is 0 Å². The largest absolute Gasteiger partial charge is 0.491 e. The van der Waals surface area contributed by atoms with E-state index >= 15 is 0 Å². The Kier molecular flexibility index (Phi) is 7.89. The zero-order chi connectivity index (χ0) is 20.1. The highest BCUT2D eigenvalue weighted by atomic mass is 16.5. The van der Waals surface area contributed by atoms with Crippen LogP contribution in [-0.2, 0) is 0 Å². The second-order valence-electron chi connectivity index (χ2n) is 8.46. The highest BCUT2D eigenvalue weighted by Crippen LogP contribution is 2.30. The highest BCUT2D eigenvalue weighted by molar-refractivity contribution is 5.31. The van der Waals surface area contributed by atoms with Crippen LogP contribution in [0.4, 0.5) is 0 Å². The molecule has 1 aromatic rings. The Labute approximate surface area is 156 Å². The first kappa shape index (κ1) is 22.7. The molecule has 0 saturated heterocycles. The number of aliphatic hydroxyl groups excluding tert-OH is 2. The average molecular weight is 370 g/mol. The zero-order valence-corrected chi connectivity index (χ0v) is 16.6. The van der Waals surface area contributed by atoms with Crippen molar-refractivity contribution >= 4 is 0 Å². The fraction of sp³-hybridized carbons (Fsp3) is 0.700. The van der Waals surface area contributed by atoms with E-state index in [9.17, 15) is 20.4 Å². The molecule has 6 nitrogen and oxygen atoms in total. The molecule has 1 rings (SSSR count). The number of rotatable bonds is 10. The molecule has 2 unspecified atom stereocenters. The minimum atomic E-state index is -1.40.